The third kappa shape index (κ3) is 4.40. The predicted molar refractivity (Wildman–Crippen MR) is 273 cm³/mol. The van der Waals surface area contributed by atoms with Crippen LogP contribution in [0.4, 0.5) is 0 Å². The summed E-state index contributed by atoms with van der Waals surface area (Å²) in [6, 6.07) is 58.8. The Hall–Kier alpha value is -6.98. The molecule has 0 saturated carbocycles. The lowest BCUT2D eigenvalue weighted by Gasteiger charge is -2.24. The second-order valence-electron chi connectivity index (χ2n) is 19.1. The van der Waals surface area contributed by atoms with Gasteiger partial charge in [-0.1, -0.05) is 125 Å². The van der Waals surface area contributed by atoms with Gasteiger partial charge < -0.3 is 8.83 Å². The Morgan fingerprint density at radius 3 is 1.17 bits per heavy atom. The fourth-order valence-corrected chi connectivity index (χ4v) is 14.2. The average Bonchev–Trinajstić information content (AvgIpc) is 4.15. The Morgan fingerprint density at radius 1 is 0.344 bits per heavy atom. The summed E-state index contributed by atoms with van der Waals surface area (Å²) in [6.45, 7) is 9.62. The SMILES string of the molecule is CC1(C)c2cc3c(cc2-c2c1cc(-c1ccc4c(c1)sc1ccccc14)c1c2oc2ccccc21)C(C)(C)c1cc(-c2ccc4c(c2)sc2ccccc24)c2c(oc4ccccc42)c1-3. The van der Waals surface area contributed by atoms with E-state index in [0.717, 1.165) is 33.1 Å². The van der Waals surface area contributed by atoms with Crippen molar-refractivity contribution in [2.24, 2.45) is 0 Å². The van der Waals surface area contributed by atoms with Crippen molar-refractivity contribution >= 4 is 107 Å². The summed E-state index contributed by atoms with van der Waals surface area (Å²) in [5.74, 6) is 0. The summed E-state index contributed by atoms with van der Waals surface area (Å²) in [4.78, 5) is 0. The fourth-order valence-electron chi connectivity index (χ4n) is 11.9. The lowest BCUT2D eigenvalue weighted by atomic mass is 9.78. The molecule has 0 amide bonds. The molecule has 64 heavy (non-hydrogen) atoms. The maximum Gasteiger partial charge on any atom is 0.144 e. The lowest BCUT2D eigenvalue weighted by Crippen LogP contribution is -2.17. The van der Waals surface area contributed by atoms with E-state index in [4.69, 9.17) is 8.83 Å². The normalized spacial score (nSPS) is 14.8. The second-order valence-corrected chi connectivity index (χ2v) is 21.3. The molecule has 4 heterocycles. The number of rotatable bonds is 2. The summed E-state index contributed by atoms with van der Waals surface area (Å²) in [6.07, 6.45) is 0. The maximum absolute atomic E-state index is 7.07. The molecular weight excluding hydrogens is 817 g/mol. The molecule has 0 radical (unpaired) electrons. The number of furan rings is 2. The van der Waals surface area contributed by atoms with Gasteiger partial charge >= 0.3 is 0 Å². The van der Waals surface area contributed by atoms with Crippen LogP contribution in [0, 0.1) is 0 Å². The third-order valence-corrected chi connectivity index (χ3v) is 17.3. The molecule has 15 rings (SSSR count). The molecule has 0 bridgehead atoms. The smallest absolute Gasteiger partial charge is 0.144 e. The Balaban J connectivity index is 0.976. The zero-order chi connectivity index (χ0) is 42.4. The van der Waals surface area contributed by atoms with Gasteiger partial charge in [-0.2, -0.15) is 0 Å². The standard InChI is InChI=1S/C60H38O2S2/c1-59(2)43-29-42-44(30-41(43)55-45(59)27-39(53-37-15-5-9-17-47(37)61-57(53)55)31-21-23-35-33-13-7-11-19-49(33)63-51(35)25-31)60(3,4)46-28-40(54-38-16-6-10-18-48(38)62-58(54)56(42)46)32-22-24-36-34-14-8-12-20-50(34)64-52(36)26-32/h5-30H,1-4H3. The molecule has 0 unspecified atom stereocenters. The van der Waals surface area contributed by atoms with Crippen LogP contribution in [0.1, 0.15) is 49.9 Å². The second kappa shape index (κ2) is 12.0. The highest BCUT2D eigenvalue weighted by molar-refractivity contribution is 7.26. The predicted octanol–water partition coefficient (Wildman–Crippen LogP) is 18.2. The van der Waals surface area contributed by atoms with Crippen molar-refractivity contribution in [1.29, 1.82) is 0 Å². The van der Waals surface area contributed by atoms with Crippen LogP contribution in [0.5, 0.6) is 0 Å². The Kier molecular flexibility index (Phi) is 6.64. The van der Waals surface area contributed by atoms with Crippen molar-refractivity contribution in [1.82, 2.24) is 0 Å². The molecule has 0 atom stereocenters. The monoisotopic (exact) mass is 854 g/mol. The fraction of sp³-hybridized carbons (Fsp3) is 0.100. The molecule has 0 saturated heterocycles. The first-order valence-corrected chi connectivity index (χ1v) is 23.9. The van der Waals surface area contributed by atoms with Gasteiger partial charge in [0.25, 0.3) is 0 Å². The minimum atomic E-state index is -0.303. The van der Waals surface area contributed by atoms with E-state index in [0.29, 0.717) is 0 Å². The van der Waals surface area contributed by atoms with E-state index < -0.39 is 0 Å². The van der Waals surface area contributed by atoms with Crippen molar-refractivity contribution in [3.05, 3.63) is 180 Å². The van der Waals surface area contributed by atoms with E-state index in [2.05, 4.69) is 185 Å². The Bertz CT molecular complexity index is 3980. The van der Waals surface area contributed by atoms with Crippen LogP contribution in [-0.2, 0) is 10.8 Å². The molecule has 0 fully saturated rings. The van der Waals surface area contributed by atoms with Crippen LogP contribution in [0.25, 0.3) is 129 Å². The zero-order valence-electron chi connectivity index (χ0n) is 35.6. The summed E-state index contributed by atoms with van der Waals surface area (Å²) < 4.78 is 19.4. The molecule has 2 aliphatic carbocycles. The van der Waals surface area contributed by atoms with Gasteiger partial charge in [0.05, 0.1) is 0 Å². The topological polar surface area (TPSA) is 26.3 Å². The van der Waals surface area contributed by atoms with Gasteiger partial charge in [-0.05, 0) is 116 Å². The number of hydrogen-bond donors (Lipinski definition) is 0. The molecule has 0 aliphatic heterocycles. The molecule has 4 aromatic heterocycles. The van der Waals surface area contributed by atoms with Crippen molar-refractivity contribution in [2.75, 3.05) is 0 Å². The third-order valence-electron chi connectivity index (χ3n) is 15.1. The summed E-state index contributed by atoms with van der Waals surface area (Å²) >= 11 is 3.75. The Labute approximate surface area is 376 Å². The van der Waals surface area contributed by atoms with Crippen LogP contribution in [-0.4, -0.2) is 0 Å². The van der Waals surface area contributed by atoms with Gasteiger partial charge in [0.15, 0.2) is 0 Å². The zero-order valence-corrected chi connectivity index (χ0v) is 37.3. The van der Waals surface area contributed by atoms with Gasteiger partial charge in [-0.15, -0.1) is 22.7 Å². The van der Waals surface area contributed by atoms with Gasteiger partial charge in [0.1, 0.15) is 22.3 Å². The van der Waals surface area contributed by atoms with E-state index in [-0.39, 0.29) is 10.8 Å². The molecule has 0 N–H and O–H groups in total. The van der Waals surface area contributed by atoms with E-state index in [9.17, 15) is 0 Å². The molecule has 13 aromatic rings. The first-order chi connectivity index (χ1) is 31.2. The maximum atomic E-state index is 7.07. The molecule has 2 nitrogen and oxygen atoms in total. The van der Waals surface area contributed by atoms with Gasteiger partial charge in [0.2, 0.25) is 0 Å². The Morgan fingerprint density at radius 2 is 0.719 bits per heavy atom. The summed E-state index contributed by atoms with van der Waals surface area (Å²) in [5.41, 5.74) is 18.3. The minimum Gasteiger partial charge on any atom is -0.455 e. The summed E-state index contributed by atoms with van der Waals surface area (Å²) in [7, 11) is 0. The van der Waals surface area contributed by atoms with Crippen molar-refractivity contribution in [3.63, 3.8) is 0 Å². The number of hydrogen-bond acceptors (Lipinski definition) is 4. The number of benzene rings is 9. The molecule has 302 valence electrons. The van der Waals surface area contributed by atoms with Crippen LogP contribution in [0.15, 0.2) is 167 Å². The van der Waals surface area contributed by atoms with Crippen molar-refractivity contribution < 1.29 is 8.83 Å². The van der Waals surface area contributed by atoms with Crippen molar-refractivity contribution in [3.8, 4) is 44.5 Å². The lowest BCUT2D eigenvalue weighted by molar-refractivity contribution is 0.648. The van der Waals surface area contributed by atoms with Crippen LogP contribution in [0.3, 0.4) is 0 Å². The highest BCUT2D eigenvalue weighted by atomic mass is 32.1. The molecule has 0 spiro atoms. The largest absolute Gasteiger partial charge is 0.455 e. The van der Waals surface area contributed by atoms with E-state index in [1.54, 1.807) is 0 Å². The van der Waals surface area contributed by atoms with Crippen LogP contribution in [0.2, 0.25) is 0 Å². The summed E-state index contributed by atoms with van der Waals surface area (Å²) in [5, 5.41) is 9.94. The van der Waals surface area contributed by atoms with Crippen LogP contribution >= 0.6 is 22.7 Å². The highest BCUT2D eigenvalue weighted by Crippen LogP contribution is 2.61. The average molecular weight is 855 g/mol. The van der Waals surface area contributed by atoms with E-state index in [1.165, 1.54) is 118 Å². The highest BCUT2D eigenvalue weighted by Gasteiger charge is 2.45. The number of thiophene rings is 2. The van der Waals surface area contributed by atoms with Crippen molar-refractivity contribution in [2.45, 2.75) is 38.5 Å². The first-order valence-electron chi connectivity index (χ1n) is 22.2. The minimum absolute atomic E-state index is 0.303. The van der Waals surface area contributed by atoms with Gasteiger partial charge in [-0.3, -0.25) is 0 Å². The van der Waals surface area contributed by atoms with E-state index in [1.807, 2.05) is 22.7 Å². The molecule has 9 aromatic carbocycles. The number of para-hydroxylation sites is 2. The van der Waals surface area contributed by atoms with Gasteiger partial charge in [-0.25, -0.2) is 0 Å². The molecular formula is C60H38O2S2. The molecule has 4 heteroatoms. The van der Waals surface area contributed by atoms with Crippen LogP contribution < -0.4 is 0 Å². The number of fused-ring (bicyclic) bond motifs is 20. The quantitative estimate of drug-likeness (QED) is 0.173. The van der Waals surface area contributed by atoms with E-state index >= 15 is 0 Å². The van der Waals surface area contributed by atoms with Gasteiger partial charge in [0, 0.05) is 83.8 Å². The molecule has 2 aliphatic rings. The first kappa shape index (κ1) is 35.5.